The first kappa shape index (κ1) is 29.5. The van der Waals surface area contributed by atoms with Crippen LogP contribution in [0.5, 0.6) is 17.2 Å². The fourth-order valence-electron chi connectivity index (χ4n) is 5.21. The first-order valence-corrected chi connectivity index (χ1v) is 14.6. The molecule has 0 spiro atoms. The lowest BCUT2D eigenvalue weighted by molar-refractivity contribution is 0.0601. The number of halogens is 1. The lowest BCUT2D eigenvalue weighted by Gasteiger charge is -2.27. The van der Waals surface area contributed by atoms with E-state index >= 15 is 0 Å². The lowest BCUT2D eigenvalue weighted by Crippen LogP contribution is -2.31. The fourth-order valence-corrected chi connectivity index (χ4v) is 5.37. The molecule has 2 N–H and O–H groups in total. The summed E-state index contributed by atoms with van der Waals surface area (Å²) in [5.41, 5.74) is 4.63. The van der Waals surface area contributed by atoms with E-state index in [2.05, 4.69) is 10.2 Å². The van der Waals surface area contributed by atoms with Crippen LogP contribution in [0.1, 0.15) is 66.0 Å². The molecule has 1 aromatic heterocycles. The zero-order chi connectivity index (χ0) is 29.8. The SMILES string of the molecule is CCOc1cc(C2c3c(-c4cc(Cl)c(C)cc4O)n[nH]c3C(=O)N2CCCOC(C)C)ccc1OCc1ccccc1. The molecule has 1 unspecified atom stereocenters. The predicted octanol–water partition coefficient (Wildman–Crippen LogP) is 7.08. The molecule has 0 bridgehead atoms. The molecule has 220 valence electrons. The van der Waals surface area contributed by atoms with E-state index in [1.807, 2.05) is 81.1 Å². The maximum absolute atomic E-state index is 13.8. The second-order valence-corrected chi connectivity index (χ2v) is 11.0. The van der Waals surface area contributed by atoms with E-state index in [1.165, 1.54) is 0 Å². The summed E-state index contributed by atoms with van der Waals surface area (Å²) in [6, 6.07) is 18.5. The van der Waals surface area contributed by atoms with Gasteiger partial charge in [0.25, 0.3) is 5.91 Å². The number of hydrogen-bond acceptors (Lipinski definition) is 6. The number of aromatic hydroxyl groups is 1. The van der Waals surface area contributed by atoms with Crippen LogP contribution in [0.4, 0.5) is 0 Å². The number of fused-ring (bicyclic) bond motifs is 1. The molecule has 1 amide bonds. The van der Waals surface area contributed by atoms with Crippen molar-refractivity contribution in [1.82, 2.24) is 15.1 Å². The Morgan fingerprint density at radius 2 is 1.86 bits per heavy atom. The molecule has 5 rings (SSSR count). The van der Waals surface area contributed by atoms with Gasteiger partial charge in [0, 0.05) is 29.3 Å². The highest BCUT2D eigenvalue weighted by Crippen LogP contribution is 2.46. The number of phenols is 1. The van der Waals surface area contributed by atoms with Crippen LogP contribution < -0.4 is 9.47 Å². The highest BCUT2D eigenvalue weighted by Gasteiger charge is 2.42. The average molecular weight is 590 g/mol. The minimum absolute atomic E-state index is 0.0425. The average Bonchev–Trinajstić information content (AvgIpc) is 3.51. The quantitative estimate of drug-likeness (QED) is 0.171. The van der Waals surface area contributed by atoms with Gasteiger partial charge in [-0.1, -0.05) is 48.0 Å². The third kappa shape index (κ3) is 6.10. The zero-order valence-corrected chi connectivity index (χ0v) is 25.1. The number of ether oxygens (including phenoxy) is 3. The van der Waals surface area contributed by atoms with Crippen molar-refractivity contribution < 1.29 is 24.1 Å². The molecule has 0 saturated carbocycles. The Hall–Kier alpha value is -4.01. The van der Waals surface area contributed by atoms with Crippen molar-refractivity contribution >= 4 is 17.5 Å². The molecule has 4 aromatic rings. The van der Waals surface area contributed by atoms with Crippen LogP contribution >= 0.6 is 11.6 Å². The number of carbonyl (C=O) groups excluding carboxylic acids is 1. The highest BCUT2D eigenvalue weighted by atomic mass is 35.5. The molecule has 42 heavy (non-hydrogen) atoms. The largest absolute Gasteiger partial charge is 0.507 e. The second-order valence-electron chi connectivity index (χ2n) is 10.6. The van der Waals surface area contributed by atoms with E-state index in [4.69, 9.17) is 25.8 Å². The topological polar surface area (TPSA) is 96.9 Å². The summed E-state index contributed by atoms with van der Waals surface area (Å²) in [5, 5.41) is 18.8. The molecule has 0 fully saturated rings. The monoisotopic (exact) mass is 589 g/mol. The molecule has 1 atom stereocenters. The van der Waals surface area contributed by atoms with Gasteiger partial charge < -0.3 is 24.2 Å². The number of benzene rings is 3. The third-order valence-corrected chi connectivity index (χ3v) is 7.62. The van der Waals surface area contributed by atoms with E-state index in [9.17, 15) is 9.90 Å². The van der Waals surface area contributed by atoms with Gasteiger partial charge in [-0.05, 0) is 75.1 Å². The predicted molar refractivity (Wildman–Crippen MR) is 162 cm³/mol. The van der Waals surface area contributed by atoms with Crippen molar-refractivity contribution in [3.63, 3.8) is 0 Å². The Kier molecular flexibility index (Phi) is 9.04. The molecule has 2 heterocycles. The van der Waals surface area contributed by atoms with Gasteiger partial charge >= 0.3 is 0 Å². The summed E-state index contributed by atoms with van der Waals surface area (Å²) in [5.74, 6) is 1.07. The number of aromatic nitrogens is 2. The van der Waals surface area contributed by atoms with Gasteiger partial charge in [-0.2, -0.15) is 5.10 Å². The molecule has 0 radical (unpaired) electrons. The summed E-state index contributed by atoms with van der Waals surface area (Å²) in [6.45, 7) is 9.56. The summed E-state index contributed by atoms with van der Waals surface area (Å²) >= 11 is 6.45. The number of nitrogens with zero attached hydrogens (tertiary/aromatic N) is 2. The van der Waals surface area contributed by atoms with E-state index < -0.39 is 6.04 Å². The Balaban J connectivity index is 1.55. The van der Waals surface area contributed by atoms with Gasteiger partial charge in [0.05, 0.1) is 18.8 Å². The van der Waals surface area contributed by atoms with Gasteiger partial charge in [-0.15, -0.1) is 0 Å². The minimum Gasteiger partial charge on any atom is -0.507 e. The number of rotatable bonds is 12. The first-order valence-electron chi connectivity index (χ1n) is 14.2. The molecular formula is C33H36ClN3O5. The number of carbonyl (C=O) groups is 1. The Morgan fingerprint density at radius 1 is 1.07 bits per heavy atom. The van der Waals surface area contributed by atoms with E-state index in [-0.39, 0.29) is 17.8 Å². The lowest BCUT2D eigenvalue weighted by atomic mass is 9.95. The summed E-state index contributed by atoms with van der Waals surface area (Å²) in [7, 11) is 0. The molecule has 3 aromatic carbocycles. The smallest absolute Gasteiger partial charge is 0.273 e. The number of phenolic OH excluding ortho intramolecular Hbond substituents is 1. The van der Waals surface area contributed by atoms with Crippen LogP contribution in [0.3, 0.4) is 0 Å². The highest BCUT2D eigenvalue weighted by molar-refractivity contribution is 6.31. The fraction of sp³-hybridized carbons (Fsp3) is 0.333. The van der Waals surface area contributed by atoms with Crippen molar-refractivity contribution in [2.24, 2.45) is 0 Å². The number of nitrogens with one attached hydrogen (secondary N) is 1. The van der Waals surface area contributed by atoms with Crippen LogP contribution in [-0.2, 0) is 11.3 Å². The normalized spacial score (nSPS) is 14.5. The van der Waals surface area contributed by atoms with Crippen molar-refractivity contribution in [1.29, 1.82) is 0 Å². The van der Waals surface area contributed by atoms with Gasteiger partial charge in [0.15, 0.2) is 11.5 Å². The van der Waals surface area contributed by atoms with Gasteiger partial charge in [-0.3, -0.25) is 9.89 Å². The summed E-state index contributed by atoms with van der Waals surface area (Å²) in [4.78, 5) is 15.6. The van der Waals surface area contributed by atoms with Crippen molar-refractivity contribution in [3.05, 3.63) is 93.6 Å². The minimum atomic E-state index is -0.484. The summed E-state index contributed by atoms with van der Waals surface area (Å²) in [6.07, 6.45) is 0.760. The van der Waals surface area contributed by atoms with Crippen molar-refractivity contribution in [3.8, 4) is 28.5 Å². The number of hydrogen-bond donors (Lipinski definition) is 2. The van der Waals surface area contributed by atoms with Crippen LogP contribution in [-0.4, -0.2) is 52.0 Å². The van der Waals surface area contributed by atoms with Gasteiger partial charge in [0.1, 0.15) is 23.7 Å². The first-order chi connectivity index (χ1) is 20.3. The van der Waals surface area contributed by atoms with Crippen molar-refractivity contribution in [2.45, 2.75) is 52.9 Å². The number of aryl methyl sites for hydroxylation is 1. The molecule has 1 aliphatic rings. The van der Waals surface area contributed by atoms with Crippen LogP contribution in [0.25, 0.3) is 11.3 Å². The number of H-pyrrole nitrogens is 1. The van der Waals surface area contributed by atoms with Gasteiger partial charge in [0.2, 0.25) is 0 Å². The van der Waals surface area contributed by atoms with E-state index in [0.29, 0.717) is 71.8 Å². The standard InChI is InChI=1S/C33H36ClN3O5/c1-5-40-28-17-23(12-13-27(28)42-19-22-10-7-6-8-11-22)32-29-30(24-18-25(34)21(4)16-26(24)38)35-36-31(29)33(39)37(32)14-9-15-41-20(2)3/h6-8,10-13,16-18,20,32,38H,5,9,14-15,19H2,1-4H3,(H,35,36). The summed E-state index contributed by atoms with van der Waals surface area (Å²) < 4.78 is 17.9. The number of amides is 1. The van der Waals surface area contributed by atoms with Crippen LogP contribution in [0.15, 0.2) is 60.7 Å². The van der Waals surface area contributed by atoms with E-state index in [0.717, 1.165) is 16.7 Å². The molecule has 1 aliphatic heterocycles. The van der Waals surface area contributed by atoms with Gasteiger partial charge in [-0.25, -0.2) is 0 Å². The Morgan fingerprint density at radius 3 is 2.60 bits per heavy atom. The molecule has 9 heteroatoms. The molecule has 0 aliphatic carbocycles. The molecule has 0 saturated heterocycles. The zero-order valence-electron chi connectivity index (χ0n) is 24.3. The van der Waals surface area contributed by atoms with Crippen molar-refractivity contribution in [2.75, 3.05) is 19.8 Å². The maximum atomic E-state index is 13.8. The number of aromatic amines is 1. The maximum Gasteiger partial charge on any atom is 0.273 e. The van der Waals surface area contributed by atoms with Crippen LogP contribution in [0, 0.1) is 6.92 Å². The Labute approximate surface area is 251 Å². The second kappa shape index (κ2) is 12.9. The third-order valence-electron chi connectivity index (χ3n) is 7.21. The molecular weight excluding hydrogens is 554 g/mol. The van der Waals surface area contributed by atoms with E-state index in [1.54, 1.807) is 12.1 Å². The Bertz CT molecular complexity index is 1550. The van der Waals surface area contributed by atoms with Crippen LogP contribution in [0.2, 0.25) is 5.02 Å². The molecule has 8 nitrogen and oxygen atoms in total.